The number of amides is 1. The summed E-state index contributed by atoms with van der Waals surface area (Å²) in [7, 11) is 0. The van der Waals surface area contributed by atoms with Gasteiger partial charge in [0.2, 0.25) is 0 Å². The summed E-state index contributed by atoms with van der Waals surface area (Å²) >= 11 is 1.53. The van der Waals surface area contributed by atoms with Crippen LogP contribution in [0.2, 0.25) is 0 Å². The molecule has 0 spiro atoms. The topological polar surface area (TPSA) is 213 Å². The van der Waals surface area contributed by atoms with Crippen LogP contribution in [-0.4, -0.2) is 110 Å². The molecule has 0 aliphatic carbocycles. The normalized spacial score (nSPS) is 18.8. The third-order valence-corrected chi connectivity index (χ3v) is 9.48. The number of hydrogen-bond acceptors (Lipinski definition) is 10. The van der Waals surface area contributed by atoms with Gasteiger partial charge in [0.25, 0.3) is 11.9 Å². The summed E-state index contributed by atoms with van der Waals surface area (Å²) in [4.78, 5) is 59.8. The van der Waals surface area contributed by atoms with E-state index in [0.717, 1.165) is 62.0 Å². The Kier molecular flexibility index (Phi) is 15.7. The second-order valence-corrected chi connectivity index (χ2v) is 13.0. The number of nitrogens with zero attached hydrogens (tertiary/aromatic N) is 2. The standard InChI is InChI=1S/C30H31FN2O3S.C4H6O6.C2H4O2/c31-24-13-11-21(12-14-24)27(34)22-15-19-32(20-16-22)17-6-18-33-25-9-4-5-10-26(25)37-29(28(35)30(33)36)23-7-2-1-3-8-23;5-1(3(7)8)2(6)4(9)10;1-2(3)4/h1-5,7-14,22,28-29,35H,6,15-20H2;1-2,5-6H,(H,7,8)(H,9,10);1H3,(H,3,4)/t;1-,2-;/m.1./s1. The third kappa shape index (κ3) is 12.0. The quantitative estimate of drug-likeness (QED) is 0.166. The first kappa shape index (κ1) is 40.8. The molecule has 5 rings (SSSR count). The van der Waals surface area contributed by atoms with Gasteiger partial charge in [-0.3, -0.25) is 14.4 Å². The number of hydrogen-bond donors (Lipinski definition) is 6. The molecule has 0 bridgehead atoms. The summed E-state index contributed by atoms with van der Waals surface area (Å²) in [6.45, 7) is 4.05. The number of anilines is 1. The second-order valence-electron chi connectivity index (χ2n) is 11.8. The van der Waals surface area contributed by atoms with Gasteiger partial charge in [-0.05, 0) is 80.9 Å². The number of fused-ring (bicyclic) bond motifs is 1. The molecule has 4 atom stereocenters. The number of ketones is 1. The first-order valence-electron chi connectivity index (χ1n) is 16.0. The van der Waals surface area contributed by atoms with Crippen LogP contribution in [0.15, 0.2) is 83.8 Å². The Morgan fingerprint density at radius 1 is 0.824 bits per heavy atom. The van der Waals surface area contributed by atoms with E-state index in [4.69, 9.17) is 30.3 Å². The highest BCUT2D eigenvalue weighted by molar-refractivity contribution is 7.99. The van der Waals surface area contributed by atoms with E-state index >= 15 is 0 Å². The number of halogens is 1. The lowest BCUT2D eigenvalue weighted by Crippen LogP contribution is -2.42. The molecule has 2 aliphatic heterocycles. The van der Waals surface area contributed by atoms with E-state index in [-0.39, 0.29) is 28.7 Å². The van der Waals surface area contributed by atoms with Crippen LogP contribution in [0.4, 0.5) is 10.1 Å². The Labute approximate surface area is 297 Å². The van der Waals surface area contributed by atoms with Crippen LogP contribution >= 0.6 is 11.8 Å². The molecule has 2 unspecified atom stereocenters. The Hall–Kier alpha value is -4.67. The van der Waals surface area contributed by atoms with Crippen molar-refractivity contribution in [2.75, 3.05) is 31.1 Å². The number of carbonyl (C=O) groups excluding carboxylic acids is 2. The molecule has 2 aliphatic rings. The molecule has 1 fully saturated rings. The van der Waals surface area contributed by atoms with Crippen molar-refractivity contribution in [1.29, 1.82) is 0 Å². The van der Waals surface area contributed by atoms with Crippen molar-refractivity contribution < 1.29 is 59.0 Å². The molecule has 2 heterocycles. The van der Waals surface area contributed by atoms with Crippen molar-refractivity contribution in [2.24, 2.45) is 5.92 Å². The molecule has 0 aromatic heterocycles. The fourth-order valence-electron chi connectivity index (χ4n) is 5.50. The summed E-state index contributed by atoms with van der Waals surface area (Å²) in [5.41, 5.74) is 2.35. The summed E-state index contributed by atoms with van der Waals surface area (Å²) in [5.74, 6) is -4.92. The first-order valence-corrected chi connectivity index (χ1v) is 16.9. The number of para-hydroxylation sites is 1. The summed E-state index contributed by atoms with van der Waals surface area (Å²) in [6, 6.07) is 23.4. The van der Waals surface area contributed by atoms with Crippen molar-refractivity contribution >= 4 is 47.0 Å². The van der Waals surface area contributed by atoms with Crippen molar-refractivity contribution in [3.05, 3.63) is 95.8 Å². The highest BCUT2D eigenvalue weighted by Gasteiger charge is 2.37. The predicted octanol–water partition coefficient (Wildman–Crippen LogP) is 3.32. The minimum atomic E-state index is -2.27. The monoisotopic (exact) mass is 728 g/mol. The van der Waals surface area contributed by atoms with Crippen molar-refractivity contribution in [2.45, 2.75) is 54.6 Å². The van der Waals surface area contributed by atoms with Crippen LogP contribution in [0, 0.1) is 11.7 Å². The zero-order valence-electron chi connectivity index (χ0n) is 27.7. The summed E-state index contributed by atoms with van der Waals surface area (Å²) < 4.78 is 13.2. The smallest absolute Gasteiger partial charge is 0.335 e. The number of Topliss-reactive ketones (excluding diaryl/α,β-unsaturated/α-hetero) is 1. The van der Waals surface area contributed by atoms with Gasteiger partial charge in [0.1, 0.15) is 11.9 Å². The van der Waals surface area contributed by atoms with Gasteiger partial charge in [-0.1, -0.05) is 42.5 Å². The minimum Gasteiger partial charge on any atom is -0.481 e. The van der Waals surface area contributed by atoms with Crippen LogP contribution in [-0.2, 0) is 19.2 Å². The molecule has 1 saturated heterocycles. The van der Waals surface area contributed by atoms with Gasteiger partial charge in [0.05, 0.1) is 10.9 Å². The Balaban J connectivity index is 0.000000426. The Morgan fingerprint density at radius 2 is 1.35 bits per heavy atom. The molecule has 15 heteroatoms. The molecule has 51 heavy (non-hydrogen) atoms. The van der Waals surface area contributed by atoms with Gasteiger partial charge in [0.15, 0.2) is 18.0 Å². The van der Waals surface area contributed by atoms with Gasteiger partial charge in [-0.2, -0.15) is 0 Å². The lowest BCUT2D eigenvalue weighted by Gasteiger charge is -2.32. The van der Waals surface area contributed by atoms with Crippen molar-refractivity contribution in [3.8, 4) is 0 Å². The number of likely N-dealkylation sites (tertiary alicyclic amines) is 1. The molecule has 13 nitrogen and oxygen atoms in total. The Morgan fingerprint density at radius 3 is 1.90 bits per heavy atom. The molecular formula is C36H41FN2O11S. The zero-order valence-corrected chi connectivity index (χ0v) is 28.6. The number of carboxylic acids is 3. The zero-order chi connectivity index (χ0) is 37.7. The molecule has 6 N–H and O–H groups in total. The van der Waals surface area contributed by atoms with Gasteiger partial charge in [-0.25, -0.2) is 14.0 Å². The average Bonchev–Trinajstić information content (AvgIpc) is 3.22. The number of carboxylic acid groups (broad SMARTS) is 3. The average molecular weight is 729 g/mol. The lowest BCUT2D eigenvalue weighted by atomic mass is 9.89. The largest absolute Gasteiger partial charge is 0.481 e. The van der Waals surface area contributed by atoms with E-state index in [1.807, 2.05) is 54.6 Å². The number of benzene rings is 3. The first-order chi connectivity index (χ1) is 24.2. The molecule has 0 radical (unpaired) electrons. The SMILES string of the molecule is CC(=O)O.O=C(O)[C@H](O)[C@@H](O)C(=O)O.O=C(c1ccc(F)cc1)C1CCN(CCCN2C(=O)C(O)C(c3ccccc3)Sc3ccccc32)CC1. The molecule has 3 aromatic carbocycles. The maximum Gasteiger partial charge on any atom is 0.335 e. The number of aliphatic carboxylic acids is 3. The molecular weight excluding hydrogens is 687 g/mol. The van der Waals surface area contributed by atoms with E-state index < -0.39 is 36.2 Å². The number of aliphatic hydroxyl groups is 3. The summed E-state index contributed by atoms with van der Waals surface area (Å²) in [5, 5.41) is 50.7. The number of aliphatic hydroxyl groups excluding tert-OH is 3. The maximum atomic E-state index is 13.4. The number of thioether (sulfide) groups is 1. The lowest BCUT2D eigenvalue weighted by molar-refractivity contribution is -0.165. The predicted molar refractivity (Wildman–Crippen MR) is 185 cm³/mol. The Bertz CT molecular complexity index is 1610. The highest BCUT2D eigenvalue weighted by Crippen LogP contribution is 2.45. The minimum absolute atomic E-state index is 0.0390. The van der Waals surface area contributed by atoms with Crippen LogP contribution in [0.3, 0.4) is 0 Å². The van der Waals surface area contributed by atoms with E-state index in [2.05, 4.69) is 4.90 Å². The fraction of sp³-hybridized carbons (Fsp3) is 0.361. The van der Waals surface area contributed by atoms with Gasteiger partial charge >= 0.3 is 11.9 Å². The molecule has 3 aromatic rings. The third-order valence-electron chi connectivity index (χ3n) is 8.09. The fourth-order valence-corrected chi connectivity index (χ4v) is 6.77. The van der Waals surface area contributed by atoms with Crippen molar-refractivity contribution in [1.82, 2.24) is 4.90 Å². The number of carbonyl (C=O) groups is 5. The van der Waals surface area contributed by atoms with E-state index in [0.29, 0.717) is 12.1 Å². The maximum absolute atomic E-state index is 13.4. The van der Waals surface area contributed by atoms with Gasteiger partial charge in [0, 0.05) is 29.8 Å². The van der Waals surface area contributed by atoms with Crippen molar-refractivity contribution in [3.63, 3.8) is 0 Å². The van der Waals surface area contributed by atoms with Crippen LogP contribution < -0.4 is 4.90 Å². The van der Waals surface area contributed by atoms with Gasteiger partial charge < -0.3 is 40.4 Å². The van der Waals surface area contributed by atoms with Gasteiger partial charge in [-0.15, -0.1) is 11.8 Å². The van der Waals surface area contributed by atoms with Crippen LogP contribution in [0.25, 0.3) is 0 Å². The van der Waals surface area contributed by atoms with E-state index in [1.165, 1.54) is 23.9 Å². The van der Waals surface area contributed by atoms with Crippen LogP contribution in [0.1, 0.15) is 47.4 Å². The second kappa shape index (κ2) is 19.7. The summed E-state index contributed by atoms with van der Waals surface area (Å²) in [6.07, 6.45) is -3.35. The number of rotatable bonds is 10. The van der Waals surface area contributed by atoms with E-state index in [9.17, 15) is 28.7 Å². The van der Waals surface area contributed by atoms with E-state index in [1.54, 1.807) is 17.0 Å². The molecule has 0 saturated carbocycles. The van der Waals surface area contributed by atoms with Crippen LogP contribution in [0.5, 0.6) is 0 Å². The molecule has 274 valence electrons. The highest BCUT2D eigenvalue weighted by atomic mass is 32.2. The number of piperidine rings is 1. The molecule has 1 amide bonds.